The molecule has 1 radical (unpaired) electrons. The minimum Gasteiger partial charge on any atom is -0.533 e. The van der Waals surface area contributed by atoms with Gasteiger partial charge in [0.2, 0.25) is 0 Å². The molecule has 2 unspecified atom stereocenters. The van der Waals surface area contributed by atoms with Gasteiger partial charge in [0.15, 0.2) is 16.6 Å². The Labute approximate surface area is 234 Å². The first kappa shape index (κ1) is 36.5. The maximum absolute atomic E-state index is 6.92. The van der Waals surface area contributed by atoms with Crippen molar-refractivity contribution in [2.75, 3.05) is 0 Å². The standard InChI is InChI=1S/C30H62BO4Si2/c1-11-19-23-29(9,34-36(13-3,14-4)15-5)25-21-27-32-31-33-28-22-26-30(10,24-20-12-2)35-37(16-6,17-7)18-8/h21-22,27-28H,11-20,23-26H2,1-10H3. The van der Waals surface area contributed by atoms with Gasteiger partial charge in [-0.15, -0.1) is 0 Å². The molecule has 0 rings (SSSR count). The second kappa shape index (κ2) is 19.5. The highest BCUT2D eigenvalue weighted by atomic mass is 28.4. The molecule has 0 N–H and O–H groups in total. The van der Waals surface area contributed by atoms with Gasteiger partial charge in [0.05, 0.1) is 23.7 Å². The zero-order valence-corrected chi connectivity index (χ0v) is 28.4. The first-order valence-corrected chi connectivity index (χ1v) is 20.5. The van der Waals surface area contributed by atoms with Gasteiger partial charge in [-0.3, -0.25) is 0 Å². The molecule has 0 saturated carbocycles. The molecule has 0 aliphatic rings. The average Bonchev–Trinajstić information content (AvgIpc) is 2.92. The quantitative estimate of drug-likeness (QED) is 0.0677. The fraction of sp³-hybridized carbons (Fsp3) is 0.867. The Morgan fingerprint density at radius 3 is 1.16 bits per heavy atom. The largest absolute Gasteiger partial charge is 0.657 e. The molecule has 0 aliphatic carbocycles. The maximum atomic E-state index is 6.92. The summed E-state index contributed by atoms with van der Waals surface area (Å²) in [5.41, 5.74) is -0.246. The van der Waals surface area contributed by atoms with Crippen LogP contribution in [-0.2, 0) is 18.2 Å². The van der Waals surface area contributed by atoms with E-state index < -0.39 is 16.6 Å². The summed E-state index contributed by atoms with van der Waals surface area (Å²) in [5.74, 6) is 0. The molecule has 7 heteroatoms. The van der Waals surface area contributed by atoms with Gasteiger partial charge in [-0.05, 0) is 87.9 Å². The number of rotatable bonds is 24. The van der Waals surface area contributed by atoms with Crippen molar-refractivity contribution in [3.8, 4) is 0 Å². The minimum atomic E-state index is -1.66. The van der Waals surface area contributed by atoms with Gasteiger partial charge in [-0.2, -0.15) is 0 Å². The Morgan fingerprint density at radius 1 is 0.568 bits per heavy atom. The molecule has 0 aromatic carbocycles. The van der Waals surface area contributed by atoms with Gasteiger partial charge in [-0.25, -0.2) is 0 Å². The van der Waals surface area contributed by atoms with E-state index in [0.29, 0.717) is 0 Å². The monoisotopic (exact) mass is 553 g/mol. The molecule has 2 atom stereocenters. The predicted octanol–water partition coefficient (Wildman–Crippen LogP) is 10.3. The van der Waals surface area contributed by atoms with Crippen molar-refractivity contribution in [3.05, 3.63) is 24.7 Å². The molecule has 37 heavy (non-hydrogen) atoms. The molecule has 0 spiro atoms. The summed E-state index contributed by atoms with van der Waals surface area (Å²) < 4.78 is 24.9. The van der Waals surface area contributed by atoms with Crippen molar-refractivity contribution in [3.63, 3.8) is 0 Å². The third-order valence-corrected chi connectivity index (χ3v) is 18.1. The van der Waals surface area contributed by atoms with Crippen molar-refractivity contribution < 1.29 is 18.2 Å². The molecule has 0 aromatic rings. The van der Waals surface area contributed by atoms with Gasteiger partial charge >= 0.3 is 7.69 Å². The highest BCUT2D eigenvalue weighted by Gasteiger charge is 2.38. The fourth-order valence-corrected chi connectivity index (χ4v) is 11.6. The van der Waals surface area contributed by atoms with Crippen molar-refractivity contribution in [1.82, 2.24) is 0 Å². The van der Waals surface area contributed by atoms with Crippen LogP contribution in [0.4, 0.5) is 0 Å². The van der Waals surface area contributed by atoms with Crippen molar-refractivity contribution >= 4 is 24.3 Å². The van der Waals surface area contributed by atoms with Crippen LogP contribution in [0, 0.1) is 0 Å². The lowest BCUT2D eigenvalue weighted by molar-refractivity contribution is 0.0659. The van der Waals surface area contributed by atoms with Gasteiger partial charge in [0, 0.05) is 0 Å². The second-order valence-electron chi connectivity index (χ2n) is 11.3. The third-order valence-electron chi connectivity index (χ3n) is 8.47. The number of hydrogen-bond acceptors (Lipinski definition) is 4. The first-order chi connectivity index (χ1) is 17.6. The Bertz CT molecular complexity index is 554. The van der Waals surface area contributed by atoms with E-state index in [4.69, 9.17) is 18.2 Å². The predicted molar refractivity (Wildman–Crippen MR) is 168 cm³/mol. The van der Waals surface area contributed by atoms with Crippen molar-refractivity contribution in [2.45, 2.75) is 168 Å². The molecule has 4 nitrogen and oxygen atoms in total. The van der Waals surface area contributed by atoms with Gasteiger partial charge in [0.1, 0.15) is 0 Å². The minimum absolute atomic E-state index is 0.123. The smallest absolute Gasteiger partial charge is 0.533 e. The molecule has 0 amide bonds. The average molecular weight is 554 g/mol. The van der Waals surface area contributed by atoms with E-state index in [2.05, 4.69) is 81.4 Å². The van der Waals surface area contributed by atoms with Crippen LogP contribution >= 0.6 is 0 Å². The Balaban J connectivity index is 4.84. The topological polar surface area (TPSA) is 36.9 Å². The number of unbranched alkanes of at least 4 members (excludes halogenated alkanes) is 2. The molecule has 0 fully saturated rings. The molecule has 0 saturated heterocycles. The molecular weight excluding hydrogens is 491 g/mol. The molecule has 0 aromatic heterocycles. The summed E-state index contributed by atoms with van der Waals surface area (Å²) >= 11 is 0. The summed E-state index contributed by atoms with van der Waals surface area (Å²) in [7, 11) is -1.93. The Morgan fingerprint density at radius 2 is 0.892 bits per heavy atom. The third kappa shape index (κ3) is 13.9. The van der Waals surface area contributed by atoms with E-state index in [1.165, 1.54) is 69.6 Å². The lowest BCUT2D eigenvalue weighted by Gasteiger charge is -2.40. The zero-order chi connectivity index (χ0) is 28.3. The fourth-order valence-electron chi connectivity index (χ4n) is 5.27. The Kier molecular flexibility index (Phi) is 19.3. The molecule has 0 aliphatic heterocycles. The maximum Gasteiger partial charge on any atom is 0.657 e. The SMILES string of the molecule is CCCCC(C)(CC=CO[B]OC=CCC(C)(CCCC)O[Si](CC)(CC)CC)O[Si](CC)(CC)CC. The van der Waals surface area contributed by atoms with E-state index in [1.54, 1.807) is 12.5 Å². The summed E-state index contributed by atoms with van der Waals surface area (Å²) in [6.45, 7) is 22.8. The summed E-state index contributed by atoms with van der Waals surface area (Å²) in [4.78, 5) is 0. The number of hydrogen-bond donors (Lipinski definition) is 0. The van der Waals surface area contributed by atoms with E-state index in [-0.39, 0.29) is 11.2 Å². The lowest BCUT2D eigenvalue weighted by atomic mass is 9.95. The van der Waals surface area contributed by atoms with E-state index >= 15 is 0 Å². The van der Waals surface area contributed by atoms with Crippen molar-refractivity contribution in [1.29, 1.82) is 0 Å². The first-order valence-electron chi connectivity index (χ1n) is 15.4. The molecular formula is C30H62BO4Si2. The summed E-state index contributed by atoms with van der Waals surface area (Å²) in [6, 6.07) is 7.06. The van der Waals surface area contributed by atoms with E-state index in [1.807, 2.05) is 0 Å². The highest BCUT2D eigenvalue weighted by Crippen LogP contribution is 2.34. The van der Waals surface area contributed by atoms with E-state index in [0.717, 1.165) is 25.7 Å². The van der Waals surface area contributed by atoms with Crippen LogP contribution in [0.15, 0.2) is 24.7 Å². The highest BCUT2D eigenvalue weighted by molar-refractivity contribution is 6.74. The van der Waals surface area contributed by atoms with E-state index in [9.17, 15) is 0 Å². The van der Waals surface area contributed by atoms with Gasteiger partial charge in [-0.1, -0.05) is 81.1 Å². The van der Waals surface area contributed by atoms with Crippen LogP contribution in [0.2, 0.25) is 36.3 Å². The van der Waals surface area contributed by atoms with Gasteiger partial charge < -0.3 is 18.2 Å². The second-order valence-corrected chi connectivity index (χ2v) is 20.7. The van der Waals surface area contributed by atoms with Crippen LogP contribution in [-0.4, -0.2) is 35.5 Å². The molecule has 0 bridgehead atoms. The van der Waals surface area contributed by atoms with Crippen molar-refractivity contribution in [2.24, 2.45) is 0 Å². The van der Waals surface area contributed by atoms with Crippen LogP contribution in [0.1, 0.15) is 121 Å². The lowest BCUT2D eigenvalue weighted by Crippen LogP contribution is -2.45. The zero-order valence-electron chi connectivity index (χ0n) is 26.4. The summed E-state index contributed by atoms with van der Waals surface area (Å²) in [5, 5.41) is 0. The van der Waals surface area contributed by atoms with Crippen LogP contribution in [0.25, 0.3) is 0 Å². The summed E-state index contributed by atoms with van der Waals surface area (Å²) in [6.07, 6.45) is 16.3. The van der Waals surface area contributed by atoms with Gasteiger partial charge in [0.25, 0.3) is 0 Å². The van der Waals surface area contributed by atoms with Crippen LogP contribution < -0.4 is 0 Å². The normalized spacial score (nSPS) is 16.2. The van der Waals surface area contributed by atoms with Crippen LogP contribution in [0.3, 0.4) is 0 Å². The molecule has 0 heterocycles. The molecule has 217 valence electrons. The Hall–Kier alpha value is -0.501. The van der Waals surface area contributed by atoms with Crippen LogP contribution in [0.5, 0.6) is 0 Å².